The number of hydrogen-bond acceptors (Lipinski definition) is 2. The molecule has 4 aromatic rings. The van der Waals surface area contributed by atoms with Gasteiger partial charge in [-0.2, -0.15) is 5.10 Å². The summed E-state index contributed by atoms with van der Waals surface area (Å²) in [7, 11) is 0. The fraction of sp³-hybridized carbons (Fsp3) is 0.118. The highest BCUT2D eigenvalue weighted by atomic mass is 35.5. The second-order valence-electron chi connectivity index (χ2n) is 5.45. The van der Waals surface area contributed by atoms with Crippen molar-refractivity contribution in [1.29, 1.82) is 0 Å². The van der Waals surface area contributed by atoms with Crippen molar-refractivity contribution in [1.82, 2.24) is 20.2 Å². The zero-order chi connectivity index (χ0) is 15.3. The van der Waals surface area contributed by atoms with Crippen molar-refractivity contribution < 1.29 is 0 Å². The van der Waals surface area contributed by atoms with Crippen LogP contribution in [0, 0.1) is 20.4 Å². The first-order valence-electron chi connectivity index (χ1n) is 6.98. The Morgan fingerprint density at radius 2 is 1.75 bits per heavy atom. The van der Waals surface area contributed by atoms with Crippen molar-refractivity contribution in [2.75, 3.05) is 0 Å². The van der Waals surface area contributed by atoms with Gasteiger partial charge in [-0.25, -0.2) is 9.83 Å². The van der Waals surface area contributed by atoms with Crippen LogP contribution in [0.3, 0.4) is 0 Å². The van der Waals surface area contributed by atoms with Crippen LogP contribution in [0.5, 0.6) is 0 Å². The average Bonchev–Trinajstić information content (AvgIpc) is 3.10. The number of hydrogen-bond donors (Lipinski definition) is 2. The molecule has 0 saturated heterocycles. The number of fused-ring (bicyclic) bond motifs is 2. The summed E-state index contributed by atoms with van der Waals surface area (Å²) in [6.45, 7) is 11.3. The topological polar surface area (TPSA) is 61.7 Å². The van der Waals surface area contributed by atoms with Gasteiger partial charge in [0, 0.05) is 5.39 Å². The van der Waals surface area contributed by atoms with E-state index in [4.69, 9.17) is 6.57 Å². The van der Waals surface area contributed by atoms with Crippen LogP contribution in [0.1, 0.15) is 11.1 Å². The summed E-state index contributed by atoms with van der Waals surface area (Å²) < 4.78 is 0. The van der Waals surface area contributed by atoms with Gasteiger partial charge in [-0.3, -0.25) is 5.10 Å². The molecule has 0 atom stereocenters. The molecule has 7 heteroatoms. The molecule has 0 unspecified atom stereocenters. The molecular formula is C17H15Cl2N5. The number of imidazole rings is 1. The van der Waals surface area contributed by atoms with Gasteiger partial charge in [0.1, 0.15) is 5.69 Å². The standard InChI is InChI=1S/C17H13N5.2ClH/c1-9-6-14-15(7-10(9)2)20-17(19-14)16-12-8-11(18-3)4-5-13(12)21-22-16;;/h4-8H,1-2H3,(H,19,20)(H,21,22);2*1H. The summed E-state index contributed by atoms with van der Waals surface area (Å²) in [5.74, 6) is 0.716. The predicted molar refractivity (Wildman–Crippen MR) is 101 cm³/mol. The molecule has 0 fully saturated rings. The van der Waals surface area contributed by atoms with Crippen LogP contribution in [0.25, 0.3) is 38.3 Å². The molecule has 2 heterocycles. The van der Waals surface area contributed by atoms with E-state index in [0.29, 0.717) is 11.5 Å². The second kappa shape index (κ2) is 6.52. The number of H-pyrrole nitrogens is 2. The molecular weight excluding hydrogens is 345 g/mol. The Hall–Kier alpha value is -2.55. The van der Waals surface area contributed by atoms with Gasteiger partial charge in [0.2, 0.25) is 0 Å². The van der Waals surface area contributed by atoms with Crippen molar-refractivity contribution in [3.8, 4) is 11.5 Å². The lowest BCUT2D eigenvalue weighted by atomic mass is 10.1. The molecule has 0 aliphatic rings. The molecule has 4 rings (SSSR count). The average molecular weight is 360 g/mol. The number of nitrogens with zero attached hydrogens (tertiary/aromatic N) is 3. The van der Waals surface area contributed by atoms with E-state index in [1.54, 1.807) is 6.07 Å². The number of aromatic amines is 2. The van der Waals surface area contributed by atoms with Crippen molar-refractivity contribution in [3.05, 3.63) is 52.9 Å². The maximum absolute atomic E-state index is 7.15. The second-order valence-corrected chi connectivity index (χ2v) is 5.45. The SMILES string of the molecule is Cl.Cl.[C-]#[N+]c1ccc2[nH]nc(-c3nc4cc(C)c(C)cc4[nH]3)c2c1. The van der Waals surface area contributed by atoms with Gasteiger partial charge in [-0.05, 0) is 49.2 Å². The van der Waals surface area contributed by atoms with Crippen molar-refractivity contribution >= 4 is 52.4 Å². The molecule has 2 aromatic carbocycles. The van der Waals surface area contributed by atoms with Gasteiger partial charge in [0.25, 0.3) is 0 Å². The summed E-state index contributed by atoms with van der Waals surface area (Å²) in [4.78, 5) is 11.5. The molecule has 0 spiro atoms. The number of aryl methyl sites for hydroxylation is 2. The van der Waals surface area contributed by atoms with E-state index in [-0.39, 0.29) is 24.8 Å². The lowest BCUT2D eigenvalue weighted by molar-refractivity contribution is 1.11. The molecule has 0 bridgehead atoms. The molecule has 0 amide bonds. The molecule has 5 nitrogen and oxygen atoms in total. The number of rotatable bonds is 1. The Labute approximate surface area is 151 Å². The summed E-state index contributed by atoms with van der Waals surface area (Å²) in [6.07, 6.45) is 0. The smallest absolute Gasteiger partial charge is 0.188 e. The molecule has 0 radical (unpaired) electrons. The van der Waals surface area contributed by atoms with E-state index in [1.807, 2.05) is 12.1 Å². The monoisotopic (exact) mass is 359 g/mol. The lowest BCUT2D eigenvalue weighted by Gasteiger charge is -1.97. The third-order valence-corrected chi connectivity index (χ3v) is 4.00. The molecule has 122 valence electrons. The first-order valence-corrected chi connectivity index (χ1v) is 6.98. The third kappa shape index (κ3) is 2.71. The minimum atomic E-state index is 0. The zero-order valence-electron chi connectivity index (χ0n) is 13.0. The highest BCUT2D eigenvalue weighted by molar-refractivity contribution is 5.95. The highest BCUT2D eigenvalue weighted by Gasteiger charge is 2.13. The Kier molecular flexibility index (Phi) is 4.83. The van der Waals surface area contributed by atoms with Gasteiger partial charge in [0.15, 0.2) is 11.5 Å². The Morgan fingerprint density at radius 3 is 2.50 bits per heavy atom. The van der Waals surface area contributed by atoms with E-state index in [9.17, 15) is 0 Å². The van der Waals surface area contributed by atoms with Crippen LogP contribution in [0.2, 0.25) is 0 Å². The first-order chi connectivity index (χ1) is 10.7. The van der Waals surface area contributed by atoms with E-state index in [1.165, 1.54) is 11.1 Å². The molecule has 2 N–H and O–H groups in total. The summed E-state index contributed by atoms with van der Waals surface area (Å²) in [5.41, 5.74) is 6.60. The minimum Gasteiger partial charge on any atom is -0.337 e. The van der Waals surface area contributed by atoms with Crippen molar-refractivity contribution in [3.63, 3.8) is 0 Å². The van der Waals surface area contributed by atoms with Crippen LogP contribution in [-0.2, 0) is 0 Å². The van der Waals surface area contributed by atoms with Crippen LogP contribution >= 0.6 is 24.8 Å². The molecule has 0 aliphatic heterocycles. The van der Waals surface area contributed by atoms with Gasteiger partial charge < -0.3 is 4.98 Å². The van der Waals surface area contributed by atoms with Crippen LogP contribution in [-0.4, -0.2) is 20.2 Å². The Bertz CT molecular complexity index is 1030. The lowest BCUT2D eigenvalue weighted by Crippen LogP contribution is -1.81. The van der Waals surface area contributed by atoms with Crippen LogP contribution in [0.4, 0.5) is 5.69 Å². The van der Waals surface area contributed by atoms with Crippen molar-refractivity contribution in [2.45, 2.75) is 13.8 Å². The Morgan fingerprint density at radius 1 is 1.00 bits per heavy atom. The predicted octanol–water partition coefficient (Wildman–Crippen LogP) is 5.12. The quantitative estimate of drug-likeness (QED) is 0.463. The summed E-state index contributed by atoms with van der Waals surface area (Å²) >= 11 is 0. The number of aromatic nitrogens is 4. The first kappa shape index (κ1) is 17.8. The largest absolute Gasteiger partial charge is 0.337 e. The van der Waals surface area contributed by atoms with Gasteiger partial charge in [-0.1, -0.05) is 6.07 Å². The van der Waals surface area contributed by atoms with Gasteiger partial charge >= 0.3 is 0 Å². The maximum atomic E-state index is 7.15. The Balaban J connectivity index is 0.00000104. The fourth-order valence-electron chi connectivity index (χ4n) is 2.63. The minimum absolute atomic E-state index is 0. The number of halogens is 2. The van der Waals surface area contributed by atoms with E-state index < -0.39 is 0 Å². The normalized spacial score (nSPS) is 10.2. The molecule has 2 aromatic heterocycles. The van der Waals surface area contributed by atoms with Crippen LogP contribution < -0.4 is 0 Å². The van der Waals surface area contributed by atoms with Gasteiger partial charge in [-0.15, -0.1) is 24.8 Å². The van der Waals surface area contributed by atoms with E-state index in [0.717, 1.165) is 27.6 Å². The molecule has 0 saturated carbocycles. The van der Waals surface area contributed by atoms with Crippen LogP contribution in [0.15, 0.2) is 30.3 Å². The maximum Gasteiger partial charge on any atom is 0.188 e. The van der Waals surface area contributed by atoms with Gasteiger partial charge in [0.05, 0.1) is 23.1 Å². The molecule has 0 aliphatic carbocycles. The summed E-state index contributed by atoms with van der Waals surface area (Å²) in [6, 6.07) is 9.66. The highest BCUT2D eigenvalue weighted by Crippen LogP contribution is 2.29. The fourth-order valence-corrected chi connectivity index (χ4v) is 2.63. The number of nitrogens with one attached hydrogen (secondary N) is 2. The number of benzene rings is 2. The zero-order valence-corrected chi connectivity index (χ0v) is 14.7. The van der Waals surface area contributed by atoms with E-state index in [2.05, 4.69) is 51.0 Å². The molecule has 24 heavy (non-hydrogen) atoms. The third-order valence-electron chi connectivity index (χ3n) is 4.00. The van der Waals surface area contributed by atoms with E-state index >= 15 is 0 Å². The summed E-state index contributed by atoms with van der Waals surface area (Å²) in [5, 5.41) is 8.26. The van der Waals surface area contributed by atoms with Crippen molar-refractivity contribution in [2.24, 2.45) is 0 Å².